The molecule has 0 radical (unpaired) electrons. The number of imidazole rings is 1. The molecule has 3 aromatic heterocycles. The number of nitrogens with one attached hydrogen (secondary N) is 2. The maximum atomic E-state index is 12.8. The molecule has 2 N–H and O–H groups in total. The summed E-state index contributed by atoms with van der Waals surface area (Å²) >= 11 is 0. The normalized spacial score (nSPS) is 10.7. The lowest BCUT2D eigenvalue weighted by Gasteiger charge is -2.05. The number of methoxy groups -OCH3 is 1. The first-order valence-electron chi connectivity index (χ1n) is 8.89. The highest BCUT2D eigenvalue weighted by Gasteiger charge is 2.21. The Balaban J connectivity index is 1.61. The molecule has 0 saturated carbocycles. The fourth-order valence-electron chi connectivity index (χ4n) is 2.92. The van der Waals surface area contributed by atoms with Crippen LogP contribution in [0.3, 0.4) is 0 Å². The summed E-state index contributed by atoms with van der Waals surface area (Å²) in [6.07, 6.45) is 3.22. The van der Waals surface area contributed by atoms with Gasteiger partial charge in [0.2, 0.25) is 5.82 Å². The van der Waals surface area contributed by atoms with Gasteiger partial charge in [-0.25, -0.2) is 4.98 Å². The van der Waals surface area contributed by atoms with Crippen LogP contribution in [0.15, 0.2) is 71.5 Å². The van der Waals surface area contributed by atoms with Crippen molar-refractivity contribution in [2.75, 3.05) is 12.4 Å². The molecule has 0 fully saturated rings. The van der Waals surface area contributed by atoms with E-state index in [0.29, 0.717) is 22.7 Å². The van der Waals surface area contributed by atoms with Gasteiger partial charge in [0, 0.05) is 18.0 Å². The minimum atomic E-state index is -0.424. The molecule has 2 amide bonds. The molecule has 0 bridgehead atoms. The van der Waals surface area contributed by atoms with Gasteiger partial charge in [-0.2, -0.15) is 0 Å². The third-order valence-corrected chi connectivity index (χ3v) is 4.30. The van der Waals surface area contributed by atoms with E-state index < -0.39 is 11.8 Å². The predicted molar refractivity (Wildman–Crippen MR) is 106 cm³/mol. The molecule has 0 saturated heterocycles. The molecule has 4 rings (SSSR count). The average molecular weight is 390 g/mol. The average Bonchev–Trinajstić information content (AvgIpc) is 3.40. The third-order valence-electron chi connectivity index (χ3n) is 4.30. The van der Waals surface area contributed by atoms with Gasteiger partial charge < -0.3 is 19.8 Å². The van der Waals surface area contributed by atoms with Gasteiger partial charge in [0.25, 0.3) is 11.8 Å². The maximum Gasteiger partial charge on any atom is 0.288 e. The van der Waals surface area contributed by atoms with E-state index in [0.717, 1.165) is 0 Å². The minimum Gasteiger partial charge on any atom is -0.497 e. The standard InChI is InChI=1S/C21H18N4O4/c1-28-15-7-4-6-14(12-15)23-20(26)18-17-9-2-3-10-25(17)19(24-18)21(27)22-13-16-8-5-11-29-16/h2-12H,13H2,1H3,(H,22,27)(H,23,26). The van der Waals surface area contributed by atoms with Crippen LogP contribution in [-0.4, -0.2) is 28.3 Å². The van der Waals surface area contributed by atoms with Gasteiger partial charge in [-0.05, 0) is 36.4 Å². The zero-order valence-electron chi connectivity index (χ0n) is 15.6. The SMILES string of the molecule is COc1cccc(NC(=O)c2nc(C(=O)NCc3ccco3)n3ccccc23)c1. The largest absolute Gasteiger partial charge is 0.497 e. The van der Waals surface area contributed by atoms with E-state index in [-0.39, 0.29) is 18.1 Å². The van der Waals surface area contributed by atoms with Gasteiger partial charge in [-0.15, -0.1) is 0 Å². The number of rotatable bonds is 6. The molecule has 8 nitrogen and oxygen atoms in total. The Kier molecular flexibility index (Phi) is 4.98. The van der Waals surface area contributed by atoms with Crippen molar-refractivity contribution in [3.63, 3.8) is 0 Å². The Bertz CT molecular complexity index is 1160. The molecule has 0 aliphatic heterocycles. The molecular formula is C21H18N4O4. The van der Waals surface area contributed by atoms with E-state index in [4.69, 9.17) is 9.15 Å². The van der Waals surface area contributed by atoms with Crippen LogP contribution in [0.5, 0.6) is 5.75 Å². The number of carbonyl (C=O) groups excluding carboxylic acids is 2. The van der Waals surface area contributed by atoms with E-state index in [1.807, 2.05) is 0 Å². The Morgan fingerprint density at radius 2 is 2.00 bits per heavy atom. The van der Waals surface area contributed by atoms with Gasteiger partial charge in [0.05, 0.1) is 25.4 Å². The summed E-state index contributed by atoms with van der Waals surface area (Å²) < 4.78 is 12.0. The number of amides is 2. The highest BCUT2D eigenvalue weighted by atomic mass is 16.5. The summed E-state index contributed by atoms with van der Waals surface area (Å²) in [5.74, 6) is 0.517. The molecule has 0 aliphatic carbocycles. The summed E-state index contributed by atoms with van der Waals surface area (Å²) in [4.78, 5) is 29.8. The highest BCUT2D eigenvalue weighted by Crippen LogP contribution is 2.19. The van der Waals surface area contributed by atoms with Crippen LogP contribution in [0.1, 0.15) is 26.9 Å². The van der Waals surface area contributed by atoms with Gasteiger partial charge >= 0.3 is 0 Å². The fourth-order valence-corrected chi connectivity index (χ4v) is 2.92. The van der Waals surface area contributed by atoms with Crippen molar-refractivity contribution in [3.05, 3.63) is 84.3 Å². The van der Waals surface area contributed by atoms with Crippen molar-refractivity contribution in [2.45, 2.75) is 6.54 Å². The van der Waals surface area contributed by atoms with Crippen molar-refractivity contribution in [1.29, 1.82) is 0 Å². The monoisotopic (exact) mass is 390 g/mol. The molecular weight excluding hydrogens is 372 g/mol. The Morgan fingerprint density at radius 1 is 1.10 bits per heavy atom. The van der Waals surface area contributed by atoms with Crippen LogP contribution in [0.25, 0.3) is 5.52 Å². The van der Waals surface area contributed by atoms with Gasteiger partial charge in [0.1, 0.15) is 11.5 Å². The van der Waals surface area contributed by atoms with E-state index in [2.05, 4.69) is 15.6 Å². The van der Waals surface area contributed by atoms with Gasteiger partial charge in [-0.3, -0.25) is 14.0 Å². The molecule has 8 heteroatoms. The predicted octanol–water partition coefficient (Wildman–Crippen LogP) is 3.12. The first-order valence-corrected chi connectivity index (χ1v) is 8.89. The second-order valence-electron chi connectivity index (χ2n) is 6.19. The number of benzene rings is 1. The second-order valence-corrected chi connectivity index (χ2v) is 6.19. The lowest BCUT2D eigenvalue weighted by atomic mass is 10.2. The molecule has 0 aliphatic rings. The Hall–Kier alpha value is -4.07. The van der Waals surface area contributed by atoms with E-state index >= 15 is 0 Å². The summed E-state index contributed by atoms with van der Waals surface area (Å²) in [6, 6.07) is 15.8. The summed E-state index contributed by atoms with van der Waals surface area (Å²) in [5.41, 5.74) is 1.24. The molecule has 3 heterocycles. The van der Waals surface area contributed by atoms with E-state index in [9.17, 15) is 9.59 Å². The first kappa shape index (κ1) is 18.3. The number of hydrogen-bond donors (Lipinski definition) is 2. The van der Waals surface area contributed by atoms with Crippen LogP contribution in [0.2, 0.25) is 0 Å². The number of anilines is 1. The van der Waals surface area contributed by atoms with Crippen LogP contribution in [0, 0.1) is 0 Å². The van der Waals surface area contributed by atoms with E-state index in [1.165, 1.54) is 6.26 Å². The lowest BCUT2D eigenvalue weighted by Crippen LogP contribution is -2.25. The van der Waals surface area contributed by atoms with Gasteiger partial charge in [0.15, 0.2) is 5.69 Å². The minimum absolute atomic E-state index is 0.114. The Morgan fingerprint density at radius 3 is 2.79 bits per heavy atom. The van der Waals surface area contributed by atoms with Crippen molar-refractivity contribution >= 4 is 23.0 Å². The number of hydrogen-bond acceptors (Lipinski definition) is 5. The topological polar surface area (TPSA) is 97.9 Å². The molecule has 4 aromatic rings. The zero-order chi connectivity index (χ0) is 20.2. The number of fused-ring (bicyclic) bond motifs is 1. The van der Waals surface area contributed by atoms with Crippen molar-refractivity contribution < 1.29 is 18.7 Å². The number of nitrogens with zero attached hydrogens (tertiary/aromatic N) is 2. The summed E-state index contributed by atoms with van der Waals surface area (Å²) in [7, 11) is 1.55. The molecule has 0 atom stereocenters. The van der Waals surface area contributed by atoms with Crippen molar-refractivity contribution in [1.82, 2.24) is 14.7 Å². The number of furan rings is 1. The number of ether oxygens (including phenoxy) is 1. The molecule has 146 valence electrons. The smallest absolute Gasteiger partial charge is 0.288 e. The number of carbonyl (C=O) groups is 2. The summed E-state index contributed by atoms with van der Waals surface area (Å²) in [6.45, 7) is 0.221. The van der Waals surface area contributed by atoms with Crippen molar-refractivity contribution in [2.24, 2.45) is 0 Å². The first-order chi connectivity index (χ1) is 14.2. The molecule has 1 aromatic carbocycles. The molecule has 0 unspecified atom stereocenters. The third kappa shape index (κ3) is 3.81. The zero-order valence-corrected chi connectivity index (χ0v) is 15.6. The van der Waals surface area contributed by atoms with Crippen LogP contribution >= 0.6 is 0 Å². The van der Waals surface area contributed by atoms with Gasteiger partial charge in [-0.1, -0.05) is 12.1 Å². The van der Waals surface area contributed by atoms with E-state index in [1.54, 1.807) is 72.3 Å². The van der Waals surface area contributed by atoms with Crippen LogP contribution in [-0.2, 0) is 6.54 Å². The number of aromatic nitrogens is 2. The second kappa shape index (κ2) is 7.89. The highest BCUT2D eigenvalue weighted by molar-refractivity contribution is 6.09. The molecule has 29 heavy (non-hydrogen) atoms. The quantitative estimate of drug-likeness (QED) is 0.527. The van der Waals surface area contributed by atoms with Crippen LogP contribution < -0.4 is 15.4 Å². The summed E-state index contributed by atoms with van der Waals surface area (Å²) in [5, 5.41) is 5.54. The fraction of sp³-hybridized carbons (Fsp3) is 0.0952. The van der Waals surface area contributed by atoms with Crippen LogP contribution in [0.4, 0.5) is 5.69 Å². The van der Waals surface area contributed by atoms with Crippen molar-refractivity contribution in [3.8, 4) is 5.75 Å². The molecule has 0 spiro atoms. The lowest BCUT2D eigenvalue weighted by molar-refractivity contribution is 0.0937. The Labute approximate surface area is 166 Å². The maximum absolute atomic E-state index is 12.8. The number of pyridine rings is 1.